The van der Waals surface area contributed by atoms with Crippen LogP contribution in [0.25, 0.3) is 5.69 Å². The Morgan fingerprint density at radius 1 is 1.33 bits per heavy atom. The van der Waals surface area contributed by atoms with Gasteiger partial charge >= 0.3 is 0 Å². The molecule has 0 aliphatic heterocycles. The summed E-state index contributed by atoms with van der Waals surface area (Å²) in [5.74, 6) is -0.0672. The van der Waals surface area contributed by atoms with E-state index in [1.54, 1.807) is 7.11 Å². The third-order valence-electron chi connectivity index (χ3n) is 4.03. The summed E-state index contributed by atoms with van der Waals surface area (Å²) in [5.41, 5.74) is 9.67. The molecule has 2 rings (SSSR count). The second kappa shape index (κ2) is 8.08. The van der Waals surface area contributed by atoms with Crippen LogP contribution in [0.1, 0.15) is 36.3 Å². The number of nitrogens with zero attached hydrogens (tertiary/aromatic N) is 2. The Morgan fingerprint density at radius 3 is 2.50 bits per heavy atom. The molecule has 2 atom stereocenters. The molecule has 2 aromatic rings. The van der Waals surface area contributed by atoms with Crippen molar-refractivity contribution in [3.8, 4) is 5.69 Å². The van der Waals surface area contributed by atoms with Gasteiger partial charge < -0.3 is 15.8 Å². The molecule has 1 aromatic carbocycles. The molecular formula is C18H26N4O2. The van der Waals surface area contributed by atoms with Gasteiger partial charge in [-0.05, 0) is 44.5 Å². The maximum atomic E-state index is 12.0. The van der Waals surface area contributed by atoms with Gasteiger partial charge in [-0.2, -0.15) is 5.10 Å². The molecule has 6 nitrogen and oxygen atoms in total. The van der Waals surface area contributed by atoms with Crippen LogP contribution < -0.4 is 11.1 Å². The van der Waals surface area contributed by atoms with Crippen LogP contribution in [-0.2, 0) is 9.53 Å². The number of aromatic nitrogens is 2. The van der Waals surface area contributed by atoms with E-state index in [1.807, 2.05) is 55.8 Å². The first-order chi connectivity index (χ1) is 11.4. The van der Waals surface area contributed by atoms with Gasteiger partial charge in [0.1, 0.15) is 0 Å². The van der Waals surface area contributed by atoms with Gasteiger partial charge in [-0.1, -0.05) is 12.1 Å². The highest BCUT2D eigenvalue weighted by molar-refractivity contribution is 5.77. The van der Waals surface area contributed by atoms with Crippen LogP contribution in [0, 0.1) is 13.8 Å². The number of benzene rings is 1. The first-order valence-corrected chi connectivity index (χ1v) is 8.10. The molecule has 3 N–H and O–H groups in total. The number of hydrogen-bond donors (Lipinski definition) is 2. The Labute approximate surface area is 143 Å². The molecule has 130 valence electrons. The zero-order valence-electron chi connectivity index (χ0n) is 14.7. The predicted octanol–water partition coefficient (Wildman–Crippen LogP) is 2.03. The summed E-state index contributed by atoms with van der Waals surface area (Å²) in [6, 6.07) is 9.99. The maximum absolute atomic E-state index is 12.0. The topological polar surface area (TPSA) is 82.2 Å². The molecule has 1 heterocycles. The minimum absolute atomic E-state index is 0.0672. The van der Waals surface area contributed by atoms with Gasteiger partial charge in [0.05, 0.1) is 29.9 Å². The lowest BCUT2D eigenvalue weighted by atomic mass is 10.1. The van der Waals surface area contributed by atoms with Crippen molar-refractivity contribution >= 4 is 5.91 Å². The van der Waals surface area contributed by atoms with Gasteiger partial charge in [-0.25, -0.2) is 4.68 Å². The highest BCUT2D eigenvalue weighted by atomic mass is 16.5. The summed E-state index contributed by atoms with van der Waals surface area (Å²) in [4.78, 5) is 12.0. The van der Waals surface area contributed by atoms with Crippen molar-refractivity contribution in [2.24, 2.45) is 5.73 Å². The first kappa shape index (κ1) is 18.2. The monoisotopic (exact) mass is 330 g/mol. The van der Waals surface area contributed by atoms with Crippen LogP contribution in [0.5, 0.6) is 0 Å². The fraction of sp³-hybridized carbons (Fsp3) is 0.444. The first-order valence-electron chi connectivity index (χ1n) is 8.10. The number of carbonyl (C=O) groups excluding carboxylic acids is 1. The highest BCUT2D eigenvalue weighted by Gasteiger charge is 2.14. The van der Waals surface area contributed by atoms with Crippen LogP contribution in [-0.4, -0.2) is 35.4 Å². The Hall–Kier alpha value is -2.18. The summed E-state index contributed by atoms with van der Waals surface area (Å²) < 4.78 is 7.05. The summed E-state index contributed by atoms with van der Waals surface area (Å²) in [6.07, 6.45) is 0.0203. The number of hydrogen-bond acceptors (Lipinski definition) is 4. The minimum Gasteiger partial charge on any atom is -0.380 e. The number of amides is 1. The van der Waals surface area contributed by atoms with Gasteiger partial charge in [0.25, 0.3) is 0 Å². The van der Waals surface area contributed by atoms with E-state index in [1.165, 1.54) is 0 Å². The van der Waals surface area contributed by atoms with Gasteiger partial charge in [-0.15, -0.1) is 0 Å². The second-order valence-electron chi connectivity index (χ2n) is 6.02. The van der Waals surface area contributed by atoms with Crippen molar-refractivity contribution in [3.63, 3.8) is 0 Å². The zero-order valence-corrected chi connectivity index (χ0v) is 14.7. The van der Waals surface area contributed by atoms with Crippen LogP contribution in [0.2, 0.25) is 0 Å². The summed E-state index contributed by atoms with van der Waals surface area (Å²) in [5, 5.41) is 7.45. The average Bonchev–Trinajstić information content (AvgIpc) is 2.91. The number of rotatable bonds is 7. The molecule has 0 spiro atoms. The number of carbonyl (C=O) groups is 1. The molecule has 0 aliphatic carbocycles. The van der Waals surface area contributed by atoms with E-state index in [9.17, 15) is 4.79 Å². The lowest BCUT2D eigenvalue weighted by molar-refractivity contribution is -0.124. The number of nitrogens with two attached hydrogens (primary N) is 1. The van der Waals surface area contributed by atoms with Gasteiger partial charge in [-0.3, -0.25) is 4.79 Å². The molecule has 24 heavy (non-hydrogen) atoms. The van der Waals surface area contributed by atoms with Gasteiger partial charge in [0.2, 0.25) is 5.91 Å². The number of aryl methyl sites for hydroxylation is 2. The molecule has 0 saturated heterocycles. The summed E-state index contributed by atoms with van der Waals surface area (Å²) in [7, 11) is 1.56. The van der Waals surface area contributed by atoms with Crippen molar-refractivity contribution in [2.75, 3.05) is 13.7 Å². The van der Waals surface area contributed by atoms with E-state index in [0.717, 1.165) is 22.6 Å². The third-order valence-corrected chi connectivity index (χ3v) is 4.03. The summed E-state index contributed by atoms with van der Waals surface area (Å²) in [6.45, 7) is 6.29. The third kappa shape index (κ3) is 4.43. The highest BCUT2D eigenvalue weighted by Crippen LogP contribution is 2.17. The number of nitrogens with one attached hydrogen (secondary N) is 1. The molecular weight excluding hydrogens is 304 g/mol. The van der Waals surface area contributed by atoms with Crippen molar-refractivity contribution in [3.05, 3.63) is 47.3 Å². The maximum Gasteiger partial charge on any atom is 0.223 e. The fourth-order valence-corrected chi connectivity index (χ4v) is 2.65. The SMILES string of the molecule is COC(CN)CC(=O)NC(C)c1ccc(-n2nc(C)cc2C)cc1. The summed E-state index contributed by atoms with van der Waals surface area (Å²) >= 11 is 0. The van der Waals surface area contributed by atoms with Crippen LogP contribution in [0.3, 0.4) is 0 Å². The molecule has 1 aromatic heterocycles. The van der Waals surface area contributed by atoms with Gasteiger partial charge in [0.15, 0.2) is 0 Å². The van der Waals surface area contributed by atoms with E-state index in [0.29, 0.717) is 6.54 Å². The smallest absolute Gasteiger partial charge is 0.223 e. The lowest BCUT2D eigenvalue weighted by Crippen LogP contribution is -2.33. The van der Waals surface area contributed by atoms with Gasteiger partial charge in [0, 0.05) is 19.3 Å². The molecule has 1 amide bonds. The normalized spacial score (nSPS) is 13.5. The zero-order chi connectivity index (χ0) is 17.7. The Morgan fingerprint density at radius 2 is 2.00 bits per heavy atom. The minimum atomic E-state index is -0.245. The van der Waals surface area contributed by atoms with Crippen molar-refractivity contribution in [1.82, 2.24) is 15.1 Å². The Balaban J connectivity index is 2.02. The largest absolute Gasteiger partial charge is 0.380 e. The predicted molar refractivity (Wildman–Crippen MR) is 94.1 cm³/mol. The fourth-order valence-electron chi connectivity index (χ4n) is 2.65. The molecule has 0 fully saturated rings. The van der Waals surface area contributed by atoms with E-state index >= 15 is 0 Å². The molecule has 0 radical (unpaired) electrons. The van der Waals surface area contributed by atoms with Crippen molar-refractivity contribution in [2.45, 2.75) is 39.3 Å². The Kier molecular flexibility index (Phi) is 6.11. The Bertz CT molecular complexity index is 675. The van der Waals surface area contributed by atoms with E-state index < -0.39 is 0 Å². The molecule has 2 unspecified atom stereocenters. The molecule has 0 bridgehead atoms. The van der Waals surface area contributed by atoms with Crippen LogP contribution in [0.15, 0.2) is 30.3 Å². The van der Waals surface area contributed by atoms with Crippen molar-refractivity contribution in [1.29, 1.82) is 0 Å². The quantitative estimate of drug-likeness (QED) is 0.814. The average molecular weight is 330 g/mol. The van der Waals surface area contributed by atoms with E-state index in [-0.39, 0.29) is 24.5 Å². The van der Waals surface area contributed by atoms with Crippen LogP contribution in [0.4, 0.5) is 0 Å². The second-order valence-corrected chi connectivity index (χ2v) is 6.02. The van der Waals surface area contributed by atoms with Crippen molar-refractivity contribution < 1.29 is 9.53 Å². The lowest BCUT2D eigenvalue weighted by Gasteiger charge is -2.17. The van der Waals surface area contributed by atoms with Crippen LogP contribution >= 0.6 is 0 Å². The molecule has 0 saturated carbocycles. The number of ether oxygens (including phenoxy) is 1. The number of methoxy groups -OCH3 is 1. The molecule has 0 aliphatic rings. The van der Waals surface area contributed by atoms with E-state index in [2.05, 4.69) is 10.4 Å². The molecule has 6 heteroatoms. The standard InChI is InChI=1S/C18H26N4O2/c1-12-9-13(2)22(21-12)16-7-5-15(6-8-16)14(3)20-18(23)10-17(11-19)24-4/h5-9,14,17H,10-11,19H2,1-4H3,(H,20,23). The van der Waals surface area contributed by atoms with E-state index in [4.69, 9.17) is 10.5 Å².